The van der Waals surface area contributed by atoms with Crippen molar-refractivity contribution >= 4 is 29.2 Å². The van der Waals surface area contributed by atoms with E-state index in [-0.39, 0.29) is 25.0 Å². The maximum absolute atomic E-state index is 12.7. The molecule has 2 aromatic carbocycles. The van der Waals surface area contributed by atoms with E-state index in [9.17, 15) is 14.4 Å². The van der Waals surface area contributed by atoms with Gasteiger partial charge in [0.2, 0.25) is 5.91 Å². The lowest BCUT2D eigenvalue weighted by Crippen LogP contribution is -2.53. The Morgan fingerprint density at radius 2 is 1.71 bits per heavy atom. The van der Waals surface area contributed by atoms with Crippen molar-refractivity contribution in [3.8, 4) is 5.75 Å². The molecule has 164 valence electrons. The monoisotopic (exact) mass is 424 g/mol. The Hall–Kier alpha value is -3.55. The number of carbonyl (C=O) groups is 3. The van der Waals surface area contributed by atoms with Gasteiger partial charge in [-0.1, -0.05) is 44.2 Å². The van der Waals surface area contributed by atoms with Gasteiger partial charge < -0.3 is 20.3 Å². The fraction of sp³-hybridized carbons (Fsp3) is 0.348. The van der Waals surface area contributed by atoms with Crippen LogP contribution in [0.15, 0.2) is 54.6 Å². The van der Waals surface area contributed by atoms with Crippen molar-refractivity contribution in [1.82, 2.24) is 10.6 Å². The van der Waals surface area contributed by atoms with Crippen LogP contribution in [0, 0.1) is 0 Å². The number of carbonyl (C=O) groups excluding carboxylic acids is 3. The predicted molar refractivity (Wildman–Crippen MR) is 119 cm³/mol. The molecule has 0 bridgehead atoms. The quantitative estimate of drug-likeness (QED) is 0.635. The molecular formula is C23H28N4O4. The summed E-state index contributed by atoms with van der Waals surface area (Å²) < 4.78 is 5.89. The first-order valence-electron chi connectivity index (χ1n) is 10.5. The summed E-state index contributed by atoms with van der Waals surface area (Å²) in [5.41, 5.74) is 1.29. The van der Waals surface area contributed by atoms with Crippen LogP contribution in [0.5, 0.6) is 5.75 Å². The number of benzene rings is 2. The largest absolute Gasteiger partial charge is 0.477 e. The maximum atomic E-state index is 12.7. The molecule has 0 saturated carbocycles. The lowest BCUT2D eigenvalue weighted by atomic mass is 10.1. The minimum atomic E-state index is -0.749. The first-order valence-corrected chi connectivity index (χ1v) is 10.5. The van der Waals surface area contributed by atoms with E-state index >= 15 is 0 Å². The number of anilines is 2. The first-order chi connectivity index (χ1) is 15.0. The van der Waals surface area contributed by atoms with Crippen LogP contribution in [-0.2, 0) is 9.59 Å². The van der Waals surface area contributed by atoms with Gasteiger partial charge in [0, 0.05) is 11.7 Å². The molecule has 3 rings (SSSR count). The zero-order valence-corrected chi connectivity index (χ0v) is 17.8. The molecule has 0 aromatic heterocycles. The molecule has 1 aliphatic heterocycles. The molecular weight excluding hydrogens is 396 g/mol. The summed E-state index contributed by atoms with van der Waals surface area (Å²) in [5.74, 6) is -0.167. The average molecular weight is 425 g/mol. The molecule has 0 fully saturated rings. The summed E-state index contributed by atoms with van der Waals surface area (Å²) in [4.78, 5) is 39.1. The number of nitrogens with one attached hydrogen (secondary N) is 3. The lowest BCUT2D eigenvalue weighted by Gasteiger charge is -2.35. The first kappa shape index (κ1) is 22.1. The lowest BCUT2D eigenvalue weighted by molar-refractivity contribution is -0.129. The summed E-state index contributed by atoms with van der Waals surface area (Å²) in [7, 11) is 0. The third-order valence-corrected chi connectivity index (χ3v) is 5.10. The van der Waals surface area contributed by atoms with Crippen LogP contribution in [0.1, 0.15) is 26.7 Å². The molecule has 1 atom stereocenters. The van der Waals surface area contributed by atoms with Crippen molar-refractivity contribution in [3.63, 3.8) is 0 Å². The van der Waals surface area contributed by atoms with E-state index in [4.69, 9.17) is 4.74 Å². The molecule has 4 amide bonds. The predicted octanol–water partition coefficient (Wildman–Crippen LogP) is 2.91. The molecule has 1 unspecified atom stereocenters. The van der Waals surface area contributed by atoms with E-state index in [1.165, 1.54) is 0 Å². The Bertz CT molecular complexity index is 915. The highest BCUT2D eigenvalue weighted by Gasteiger charge is 2.32. The zero-order valence-electron chi connectivity index (χ0n) is 17.8. The Balaban J connectivity index is 1.65. The number of fused-ring (bicyclic) bond motifs is 1. The van der Waals surface area contributed by atoms with Crippen molar-refractivity contribution < 1.29 is 19.1 Å². The summed E-state index contributed by atoms with van der Waals surface area (Å²) in [6.45, 7) is 4.15. The third kappa shape index (κ3) is 5.97. The second kappa shape index (κ2) is 10.5. The smallest absolute Gasteiger partial charge is 0.325 e. The van der Waals surface area contributed by atoms with Crippen LogP contribution in [-0.4, -0.2) is 43.1 Å². The molecule has 0 aliphatic carbocycles. The van der Waals surface area contributed by atoms with E-state index in [0.717, 1.165) is 12.8 Å². The molecule has 31 heavy (non-hydrogen) atoms. The molecule has 8 heteroatoms. The minimum absolute atomic E-state index is 0.0756. The number of ether oxygens (including phenoxy) is 1. The normalized spacial score (nSPS) is 14.9. The summed E-state index contributed by atoms with van der Waals surface area (Å²) in [5, 5.41) is 7.94. The number of para-hydroxylation sites is 3. The summed E-state index contributed by atoms with van der Waals surface area (Å²) >= 11 is 0. The van der Waals surface area contributed by atoms with Gasteiger partial charge in [-0.25, -0.2) is 4.79 Å². The standard InChI is InChI=1S/C23H28N4O4/c1-3-16(4-2)24-22(29)20-14-27(18-12-8-9-13-19(18)31-20)15-21(28)26-23(30)25-17-10-6-5-7-11-17/h5-13,16,20H,3-4,14-15H2,1-2H3,(H,24,29)(H2,25,26,28,30). The van der Waals surface area contributed by atoms with Crippen molar-refractivity contribution in [2.45, 2.75) is 38.8 Å². The SMILES string of the molecule is CCC(CC)NC(=O)C1CN(CC(=O)NC(=O)Nc2ccccc2)c2ccccc2O1. The van der Waals surface area contributed by atoms with Crippen molar-refractivity contribution in [3.05, 3.63) is 54.6 Å². The number of hydrogen-bond acceptors (Lipinski definition) is 5. The van der Waals surface area contributed by atoms with Gasteiger partial charge in [0.1, 0.15) is 5.75 Å². The molecule has 1 aliphatic rings. The Labute approximate surface area is 182 Å². The van der Waals surface area contributed by atoms with Crippen LogP contribution in [0.3, 0.4) is 0 Å². The van der Waals surface area contributed by atoms with E-state index in [1.807, 2.05) is 38.1 Å². The van der Waals surface area contributed by atoms with Crippen LogP contribution in [0.2, 0.25) is 0 Å². The number of hydrogen-bond donors (Lipinski definition) is 3. The van der Waals surface area contributed by atoms with Gasteiger partial charge in [-0.2, -0.15) is 0 Å². The molecule has 1 heterocycles. The van der Waals surface area contributed by atoms with Gasteiger partial charge in [-0.05, 0) is 37.1 Å². The Morgan fingerprint density at radius 3 is 2.42 bits per heavy atom. The van der Waals surface area contributed by atoms with E-state index < -0.39 is 18.0 Å². The second-order valence-corrected chi connectivity index (χ2v) is 7.35. The molecule has 8 nitrogen and oxygen atoms in total. The minimum Gasteiger partial charge on any atom is -0.477 e. The van der Waals surface area contributed by atoms with Crippen molar-refractivity contribution in [2.24, 2.45) is 0 Å². The van der Waals surface area contributed by atoms with Gasteiger partial charge in [0.05, 0.1) is 18.8 Å². The highest BCUT2D eigenvalue weighted by Crippen LogP contribution is 2.32. The highest BCUT2D eigenvalue weighted by atomic mass is 16.5. The number of nitrogens with zero attached hydrogens (tertiary/aromatic N) is 1. The van der Waals surface area contributed by atoms with Gasteiger partial charge in [-0.15, -0.1) is 0 Å². The fourth-order valence-corrected chi connectivity index (χ4v) is 3.40. The van der Waals surface area contributed by atoms with Crippen LogP contribution >= 0.6 is 0 Å². The molecule has 0 radical (unpaired) electrons. The molecule has 3 N–H and O–H groups in total. The molecule has 0 spiro atoms. The zero-order chi connectivity index (χ0) is 22.2. The highest BCUT2D eigenvalue weighted by molar-refractivity contribution is 6.02. The maximum Gasteiger partial charge on any atom is 0.325 e. The number of urea groups is 1. The van der Waals surface area contributed by atoms with Crippen molar-refractivity contribution in [1.29, 1.82) is 0 Å². The van der Waals surface area contributed by atoms with E-state index in [0.29, 0.717) is 17.1 Å². The van der Waals surface area contributed by atoms with Crippen LogP contribution < -0.4 is 25.6 Å². The topological polar surface area (TPSA) is 99.8 Å². The number of rotatable bonds is 7. The van der Waals surface area contributed by atoms with Crippen LogP contribution in [0.4, 0.5) is 16.2 Å². The molecule has 0 saturated heterocycles. The van der Waals surface area contributed by atoms with Crippen molar-refractivity contribution in [2.75, 3.05) is 23.3 Å². The van der Waals surface area contributed by atoms with Gasteiger partial charge >= 0.3 is 6.03 Å². The van der Waals surface area contributed by atoms with Crippen LogP contribution in [0.25, 0.3) is 0 Å². The number of imide groups is 1. The summed E-state index contributed by atoms with van der Waals surface area (Å²) in [6.07, 6.45) is 0.906. The summed E-state index contributed by atoms with van der Waals surface area (Å²) in [6, 6.07) is 15.6. The fourth-order valence-electron chi connectivity index (χ4n) is 3.40. The second-order valence-electron chi connectivity index (χ2n) is 7.35. The Morgan fingerprint density at radius 1 is 1.03 bits per heavy atom. The molecule has 2 aromatic rings. The Kier molecular flexibility index (Phi) is 7.48. The average Bonchev–Trinajstić information content (AvgIpc) is 2.77. The van der Waals surface area contributed by atoms with E-state index in [1.54, 1.807) is 35.2 Å². The van der Waals surface area contributed by atoms with Gasteiger partial charge in [-0.3, -0.25) is 14.9 Å². The third-order valence-electron chi connectivity index (χ3n) is 5.10. The van der Waals surface area contributed by atoms with Gasteiger partial charge in [0.15, 0.2) is 6.10 Å². The van der Waals surface area contributed by atoms with Gasteiger partial charge in [0.25, 0.3) is 5.91 Å². The number of amides is 4. The van der Waals surface area contributed by atoms with E-state index in [2.05, 4.69) is 16.0 Å².